The maximum atomic E-state index is 5.26. The van der Waals surface area contributed by atoms with Crippen molar-refractivity contribution in [1.29, 1.82) is 0 Å². The van der Waals surface area contributed by atoms with Crippen LogP contribution in [0.1, 0.15) is 19.4 Å². The van der Waals surface area contributed by atoms with E-state index in [1.165, 1.54) is 5.56 Å². The average Bonchev–Trinajstić information content (AvgIpc) is 2.18. The molecule has 0 aliphatic heterocycles. The highest BCUT2D eigenvalue weighted by Gasteiger charge is 2.00. The molecule has 1 aromatic rings. The third-order valence-corrected chi connectivity index (χ3v) is 2.06. The molecule has 0 unspecified atom stereocenters. The number of nitrogens with one attached hydrogen (secondary N) is 1. The zero-order chi connectivity index (χ0) is 10.4. The van der Waals surface area contributed by atoms with E-state index in [1.54, 1.807) is 7.11 Å². The fraction of sp³-hybridized carbons (Fsp3) is 0.500. The molecule has 3 heteroatoms. The lowest BCUT2D eigenvalue weighted by Crippen LogP contribution is -2.19. The maximum absolute atomic E-state index is 5.26. The Labute approximate surface area is 98.4 Å². The fourth-order valence-corrected chi connectivity index (χ4v) is 1.34. The molecule has 0 heterocycles. The first-order chi connectivity index (χ1) is 6.74. The molecule has 1 N–H and O–H groups in total. The number of ether oxygens (including phenoxy) is 1. The van der Waals surface area contributed by atoms with E-state index in [4.69, 9.17) is 4.74 Å². The summed E-state index contributed by atoms with van der Waals surface area (Å²) in [6.07, 6.45) is 0. The van der Waals surface area contributed by atoms with Crippen molar-refractivity contribution in [1.82, 2.24) is 5.32 Å². The van der Waals surface area contributed by atoms with Crippen molar-refractivity contribution in [2.45, 2.75) is 20.4 Å². The summed E-state index contributed by atoms with van der Waals surface area (Å²) < 4.78 is 5.26. The molecular weight excluding hydrogens is 210 g/mol. The van der Waals surface area contributed by atoms with Crippen LogP contribution < -0.4 is 10.1 Å². The van der Waals surface area contributed by atoms with Crippen molar-refractivity contribution >= 4 is 12.4 Å². The molecule has 0 saturated carbocycles. The molecule has 1 rings (SSSR count). The number of halogens is 1. The first-order valence-electron chi connectivity index (χ1n) is 5.06. The van der Waals surface area contributed by atoms with Crippen molar-refractivity contribution in [2.75, 3.05) is 13.7 Å². The second-order valence-electron chi connectivity index (χ2n) is 3.84. The molecule has 86 valence electrons. The minimum Gasteiger partial charge on any atom is -0.496 e. The number of hydrogen-bond acceptors (Lipinski definition) is 2. The van der Waals surface area contributed by atoms with Crippen LogP contribution in [0.4, 0.5) is 0 Å². The Hall–Kier alpha value is -0.730. The molecule has 0 bridgehead atoms. The van der Waals surface area contributed by atoms with E-state index >= 15 is 0 Å². The lowest BCUT2D eigenvalue weighted by molar-refractivity contribution is 0.406. The van der Waals surface area contributed by atoms with Crippen LogP contribution in [0.15, 0.2) is 24.3 Å². The van der Waals surface area contributed by atoms with Gasteiger partial charge in [-0.2, -0.15) is 0 Å². The largest absolute Gasteiger partial charge is 0.496 e. The Morgan fingerprint density at radius 2 is 1.93 bits per heavy atom. The lowest BCUT2D eigenvalue weighted by atomic mass is 10.2. The zero-order valence-corrected chi connectivity index (χ0v) is 10.4. The predicted octanol–water partition coefficient (Wildman–Crippen LogP) is 2.86. The average molecular weight is 230 g/mol. The Morgan fingerprint density at radius 1 is 1.27 bits per heavy atom. The van der Waals surface area contributed by atoms with E-state index in [0.717, 1.165) is 18.8 Å². The van der Waals surface area contributed by atoms with Crippen LogP contribution in [0, 0.1) is 5.92 Å². The van der Waals surface area contributed by atoms with Gasteiger partial charge in [-0.05, 0) is 18.5 Å². The number of rotatable bonds is 5. The highest BCUT2D eigenvalue weighted by Crippen LogP contribution is 2.16. The van der Waals surface area contributed by atoms with Crippen molar-refractivity contribution in [3.63, 3.8) is 0 Å². The summed E-state index contributed by atoms with van der Waals surface area (Å²) in [4.78, 5) is 0. The maximum Gasteiger partial charge on any atom is 0.123 e. The highest BCUT2D eigenvalue weighted by molar-refractivity contribution is 5.85. The van der Waals surface area contributed by atoms with Gasteiger partial charge in [-0.3, -0.25) is 0 Å². The van der Waals surface area contributed by atoms with Crippen molar-refractivity contribution in [3.8, 4) is 5.75 Å². The smallest absolute Gasteiger partial charge is 0.123 e. The molecule has 0 aliphatic rings. The Morgan fingerprint density at radius 3 is 2.53 bits per heavy atom. The third-order valence-electron chi connectivity index (χ3n) is 2.06. The molecular formula is C12H20ClNO. The van der Waals surface area contributed by atoms with Gasteiger partial charge in [0.25, 0.3) is 0 Å². The normalized spacial score (nSPS) is 9.87. The highest BCUT2D eigenvalue weighted by atomic mass is 35.5. The van der Waals surface area contributed by atoms with Gasteiger partial charge in [0, 0.05) is 12.1 Å². The SMILES string of the molecule is COc1ccccc1CNCC(C)C.Cl. The number of methoxy groups -OCH3 is 1. The van der Waals surface area contributed by atoms with Crippen molar-refractivity contribution in [3.05, 3.63) is 29.8 Å². The van der Waals surface area contributed by atoms with Gasteiger partial charge in [0.15, 0.2) is 0 Å². The van der Waals surface area contributed by atoms with Gasteiger partial charge in [-0.25, -0.2) is 0 Å². The van der Waals surface area contributed by atoms with Crippen LogP contribution in [0.2, 0.25) is 0 Å². The zero-order valence-electron chi connectivity index (χ0n) is 9.62. The molecule has 0 saturated heterocycles. The first kappa shape index (κ1) is 14.3. The van der Waals surface area contributed by atoms with E-state index in [9.17, 15) is 0 Å². The first-order valence-corrected chi connectivity index (χ1v) is 5.06. The summed E-state index contributed by atoms with van der Waals surface area (Å²) in [5.74, 6) is 1.65. The fourth-order valence-electron chi connectivity index (χ4n) is 1.34. The van der Waals surface area contributed by atoms with E-state index in [-0.39, 0.29) is 12.4 Å². The minimum atomic E-state index is 0. The second kappa shape index (κ2) is 7.55. The molecule has 0 aliphatic carbocycles. The molecule has 0 aromatic heterocycles. The molecule has 0 atom stereocenters. The Balaban J connectivity index is 0.00000196. The van der Waals surface area contributed by atoms with E-state index < -0.39 is 0 Å². The van der Waals surface area contributed by atoms with Crippen molar-refractivity contribution < 1.29 is 4.74 Å². The summed E-state index contributed by atoms with van der Waals surface area (Å²) in [5.41, 5.74) is 1.22. The molecule has 0 radical (unpaired) electrons. The summed E-state index contributed by atoms with van der Waals surface area (Å²) >= 11 is 0. The van der Waals surface area contributed by atoms with Crippen LogP contribution in [-0.4, -0.2) is 13.7 Å². The quantitative estimate of drug-likeness (QED) is 0.839. The van der Waals surface area contributed by atoms with E-state index in [2.05, 4.69) is 25.2 Å². The second-order valence-corrected chi connectivity index (χ2v) is 3.84. The van der Waals surface area contributed by atoms with Gasteiger partial charge >= 0.3 is 0 Å². The molecule has 1 aromatic carbocycles. The third kappa shape index (κ3) is 5.05. The monoisotopic (exact) mass is 229 g/mol. The van der Waals surface area contributed by atoms with Crippen LogP contribution in [-0.2, 0) is 6.54 Å². The molecule has 0 amide bonds. The number of benzene rings is 1. The lowest BCUT2D eigenvalue weighted by Gasteiger charge is -2.10. The van der Waals surface area contributed by atoms with Gasteiger partial charge in [0.1, 0.15) is 5.75 Å². The topological polar surface area (TPSA) is 21.3 Å². The summed E-state index contributed by atoms with van der Waals surface area (Å²) in [5, 5.41) is 3.40. The van der Waals surface area contributed by atoms with Gasteiger partial charge in [-0.15, -0.1) is 12.4 Å². The van der Waals surface area contributed by atoms with Crippen LogP contribution in [0.25, 0.3) is 0 Å². The molecule has 15 heavy (non-hydrogen) atoms. The number of para-hydroxylation sites is 1. The summed E-state index contributed by atoms with van der Waals surface area (Å²) in [7, 11) is 1.71. The van der Waals surface area contributed by atoms with E-state index in [0.29, 0.717) is 5.92 Å². The van der Waals surface area contributed by atoms with E-state index in [1.807, 2.05) is 18.2 Å². The van der Waals surface area contributed by atoms with Crippen LogP contribution in [0.3, 0.4) is 0 Å². The van der Waals surface area contributed by atoms with Crippen molar-refractivity contribution in [2.24, 2.45) is 5.92 Å². The Kier molecular flexibility index (Phi) is 7.18. The predicted molar refractivity (Wildman–Crippen MR) is 66.8 cm³/mol. The van der Waals surface area contributed by atoms with Crippen LogP contribution >= 0.6 is 12.4 Å². The van der Waals surface area contributed by atoms with Gasteiger partial charge < -0.3 is 10.1 Å². The summed E-state index contributed by atoms with van der Waals surface area (Å²) in [6, 6.07) is 8.11. The minimum absolute atomic E-state index is 0. The standard InChI is InChI=1S/C12H19NO.ClH/c1-10(2)8-13-9-11-6-4-5-7-12(11)14-3;/h4-7,10,13H,8-9H2,1-3H3;1H. The molecule has 2 nitrogen and oxygen atoms in total. The van der Waals surface area contributed by atoms with Crippen LogP contribution in [0.5, 0.6) is 5.75 Å². The summed E-state index contributed by atoms with van der Waals surface area (Å²) in [6.45, 7) is 6.32. The molecule has 0 fully saturated rings. The Bertz CT molecular complexity index is 276. The van der Waals surface area contributed by atoms with Gasteiger partial charge in [0.05, 0.1) is 7.11 Å². The van der Waals surface area contributed by atoms with Gasteiger partial charge in [0.2, 0.25) is 0 Å². The molecule has 0 spiro atoms. The number of hydrogen-bond donors (Lipinski definition) is 1. The van der Waals surface area contributed by atoms with Gasteiger partial charge in [-0.1, -0.05) is 32.0 Å².